The second kappa shape index (κ2) is 3.57. The van der Waals surface area contributed by atoms with Crippen LogP contribution in [-0.4, -0.2) is 6.61 Å². The molecule has 0 bridgehead atoms. The van der Waals surface area contributed by atoms with Crippen molar-refractivity contribution in [2.75, 3.05) is 6.61 Å². The Hall–Kier alpha value is -1.05. The van der Waals surface area contributed by atoms with Crippen molar-refractivity contribution in [1.82, 2.24) is 0 Å². The molecule has 0 amide bonds. The van der Waals surface area contributed by atoms with Crippen LogP contribution in [0.5, 0.6) is 5.75 Å². The first-order valence-corrected chi connectivity index (χ1v) is 3.77. The third-order valence-corrected chi connectivity index (χ3v) is 1.87. The normalized spacial score (nSPS) is 14.1. The van der Waals surface area contributed by atoms with Crippen molar-refractivity contribution in [2.45, 2.75) is 20.3 Å². The van der Waals surface area contributed by atoms with E-state index in [0.29, 0.717) is 0 Å². The maximum absolute atomic E-state index is 12.6. The van der Waals surface area contributed by atoms with Crippen molar-refractivity contribution in [3.05, 3.63) is 29.6 Å². The van der Waals surface area contributed by atoms with Crippen LogP contribution in [0.3, 0.4) is 0 Å². The van der Waals surface area contributed by atoms with E-state index < -0.39 is 0 Å². The van der Waals surface area contributed by atoms with Crippen molar-refractivity contribution in [3.8, 4) is 5.75 Å². The third kappa shape index (κ3) is 1.58. The van der Waals surface area contributed by atoms with E-state index in [1.807, 2.05) is 0 Å². The van der Waals surface area contributed by atoms with Gasteiger partial charge in [-0.1, -0.05) is 7.43 Å². The van der Waals surface area contributed by atoms with E-state index in [0.717, 1.165) is 30.8 Å². The molecule has 0 atom stereocenters. The number of hydrogen-bond donors (Lipinski definition) is 0. The van der Waals surface area contributed by atoms with Gasteiger partial charge in [0.1, 0.15) is 11.6 Å². The molecule has 12 heavy (non-hydrogen) atoms. The van der Waals surface area contributed by atoms with Gasteiger partial charge in [-0.2, -0.15) is 0 Å². The standard InChI is InChI=1S/C9H9FO.CH4/c10-8-3-4-9-7(6-8)2-1-5-11-9;/h3-4,6H,1-2,5H2;1H4. The zero-order chi connectivity index (χ0) is 7.68. The molecule has 0 saturated carbocycles. The van der Waals surface area contributed by atoms with E-state index in [9.17, 15) is 4.39 Å². The van der Waals surface area contributed by atoms with Crippen LogP contribution in [0.2, 0.25) is 0 Å². The SMILES string of the molecule is C.Fc1ccc2c(c1)CCCO2. The molecule has 0 radical (unpaired) electrons. The van der Waals surface area contributed by atoms with Gasteiger partial charge in [0.2, 0.25) is 0 Å². The lowest BCUT2D eigenvalue weighted by atomic mass is 10.1. The summed E-state index contributed by atoms with van der Waals surface area (Å²) in [6.07, 6.45) is 1.93. The molecular weight excluding hydrogens is 155 g/mol. The molecule has 1 aliphatic heterocycles. The van der Waals surface area contributed by atoms with Gasteiger partial charge >= 0.3 is 0 Å². The Balaban J connectivity index is 0.000000720. The fraction of sp³-hybridized carbons (Fsp3) is 0.400. The average Bonchev–Trinajstić information content (AvgIpc) is 2.04. The van der Waals surface area contributed by atoms with Gasteiger partial charge in [-0.3, -0.25) is 0 Å². The van der Waals surface area contributed by atoms with E-state index in [4.69, 9.17) is 4.74 Å². The predicted molar refractivity (Wildman–Crippen MR) is 46.9 cm³/mol. The molecule has 0 fully saturated rings. The highest BCUT2D eigenvalue weighted by atomic mass is 19.1. The molecule has 0 N–H and O–H groups in total. The molecule has 2 heteroatoms. The van der Waals surface area contributed by atoms with Crippen LogP contribution < -0.4 is 4.74 Å². The van der Waals surface area contributed by atoms with Crippen LogP contribution in [0, 0.1) is 5.82 Å². The molecule has 1 nitrogen and oxygen atoms in total. The highest BCUT2D eigenvalue weighted by molar-refractivity contribution is 5.35. The molecule has 1 aliphatic rings. The van der Waals surface area contributed by atoms with Gasteiger partial charge in [0, 0.05) is 0 Å². The van der Waals surface area contributed by atoms with Gasteiger partial charge in [-0.05, 0) is 36.6 Å². The molecule has 1 heterocycles. The van der Waals surface area contributed by atoms with E-state index >= 15 is 0 Å². The summed E-state index contributed by atoms with van der Waals surface area (Å²) in [6, 6.07) is 4.68. The number of halogens is 1. The molecule has 0 spiro atoms. The topological polar surface area (TPSA) is 9.23 Å². The molecule has 1 aromatic carbocycles. The van der Waals surface area contributed by atoms with Gasteiger partial charge in [-0.15, -0.1) is 0 Å². The van der Waals surface area contributed by atoms with E-state index in [-0.39, 0.29) is 13.2 Å². The molecule has 1 aromatic rings. The lowest BCUT2D eigenvalue weighted by Gasteiger charge is -2.16. The summed E-state index contributed by atoms with van der Waals surface area (Å²) >= 11 is 0. The quantitative estimate of drug-likeness (QED) is 0.578. The summed E-state index contributed by atoms with van der Waals surface area (Å²) in [5.41, 5.74) is 0.997. The van der Waals surface area contributed by atoms with Gasteiger partial charge in [0.15, 0.2) is 0 Å². The second-order valence-electron chi connectivity index (χ2n) is 2.70. The van der Waals surface area contributed by atoms with Crippen LogP contribution in [0.25, 0.3) is 0 Å². The number of aryl methyl sites for hydroxylation is 1. The highest BCUT2D eigenvalue weighted by Crippen LogP contribution is 2.24. The fourth-order valence-electron chi connectivity index (χ4n) is 1.33. The van der Waals surface area contributed by atoms with Gasteiger partial charge in [-0.25, -0.2) is 4.39 Å². The molecule has 0 aromatic heterocycles. The zero-order valence-electron chi connectivity index (χ0n) is 6.14. The Labute approximate surface area is 72.2 Å². The summed E-state index contributed by atoms with van der Waals surface area (Å²) in [5.74, 6) is 0.673. The average molecular weight is 168 g/mol. The van der Waals surface area contributed by atoms with Crippen molar-refractivity contribution in [1.29, 1.82) is 0 Å². The van der Waals surface area contributed by atoms with Crippen LogP contribution in [0.4, 0.5) is 4.39 Å². The van der Waals surface area contributed by atoms with Crippen molar-refractivity contribution in [3.63, 3.8) is 0 Å². The summed E-state index contributed by atoms with van der Waals surface area (Å²) in [6.45, 7) is 0.763. The largest absolute Gasteiger partial charge is 0.493 e. The first-order valence-electron chi connectivity index (χ1n) is 3.77. The Kier molecular flexibility index (Phi) is 2.69. The minimum atomic E-state index is -0.172. The maximum Gasteiger partial charge on any atom is 0.123 e. The number of fused-ring (bicyclic) bond motifs is 1. The first-order chi connectivity index (χ1) is 5.36. The Bertz CT molecular complexity index is 271. The molecule has 0 unspecified atom stereocenters. The number of ether oxygens (including phenoxy) is 1. The minimum Gasteiger partial charge on any atom is -0.493 e. The fourth-order valence-corrected chi connectivity index (χ4v) is 1.33. The van der Waals surface area contributed by atoms with Crippen molar-refractivity contribution >= 4 is 0 Å². The van der Waals surface area contributed by atoms with Crippen LogP contribution in [0.1, 0.15) is 19.4 Å². The van der Waals surface area contributed by atoms with Gasteiger partial charge < -0.3 is 4.74 Å². The third-order valence-electron chi connectivity index (χ3n) is 1.87. The second-order valence-corrected chi connectivity index (χ2v) is 2.70. The molecule has 0 saturated heterocycles. The number of hydrogen-bond acceptors (Lipinski definition) is 1. The van der Waals surface area contributed by atoms with Gasteiger partial charge in [0.25, 0.3) is 0 Å². The maximum atomic E-state index is 12.6. The number of benzene rings is 1. The smallest absolute Gasteiger partial charge is 0.123 e. The summed E-state index contributed by atoms with van der Waals surface area (Å²) in [5, 5.41) is 0. The first kappa shape index (κ1) is 9.04. The molecular formula is C10H13FO. The number of rotatable bonds is 0. The predicted octanol–water partition coefficient (Wildman–Crippen LogP) is 2.79. The molecule has 0 aliphatic carbocycles. The van der Waals surface area contributed by atoms with Crippen LogP contribution in [-0.2, 0) is 6.42 Å². The van der Waals surface area contributed by atoms with E-state index in [2.05, 4.69) is 0 Å². The van der Waals surface area contributed by atoms with Crippen LogP contribution >= 0.6 is 0 Å². The monoisotopic (exact) mass is 168 g/mol. The summed E-state index contributed by atoms with van der Waals surface area (Å²) < 4.78 is 18.0. The Morgan fingerprint density at radius 1 is 1.33 bits per heavy atom. The Morgan fingerprint density at radius 2 is 2.17 bits per heavy atom. The van der Waals surface area contributed by atoms with Crippen molar-refractivity contribution < 1.29 is 9.13 Å². The molecule has 2 rings (SSSR count). The summed E-state index contributed by atoms with van der Waals surface area (Å²) in [4.78, 5) is 0. The minimum absolute atomic E-state index is 0. The zero-order valence-corrected chi connectivity index (χ0v) is 6.14. The van der Waals surface area contributed by atoms with E-state index in [1.165, 1.54) is 6.07 Å². The molecule has 66 valence electrons. The lowest BCUT2D eigenvalue weighted by molar-refractivity contribution is 0.287. The lowest BCUT2D eigenvalue weighted by Crippen LogP contribution is -2.08. The van der Waals surface area contributed by atoms with Gasteiger partial charge in [0.05, 0.1) is 6.61 Å². The highest BCUT2D eigenvalue weighted by Gasteiger charge is 2.09. The summed E-state index contributed by atoms with van der Waals surface area (Å²) in [7, 11) is 0. The Morgan fingerprint density at radius 3 is 3.00 bits per heavy atom. The van der Waals surface area contributed by atoms with E-state index in [1.54, 1.807) is 12.1 Å². The van der Waals surface area contributed by atoms with Crippen molar-refractivity contribution in [2.24, 2.45) is 0 Å². The van der Waals surface area contributed by atoms with Crippen LogP contribution in [0.15, 0.2) is 18.2 Å².